The second-order valence-corrected chi connectivity index (χ2v) is 6.29. The first kappa shape index (κ1) is 17.8. The summed E-state index contributed by atoms with van der Waals surface area (Å²) in [6.45, 7) is 4.82. The molecular weight excluding hydrogens is 272 g/mol. The van der Waals surface area contributed by atoms with Crippen LogP contribution in [-0.4, -0.2) is 42.9 Å². The van der Waals surface area contributed by atoms with Crippen LogP contribution in [0.15, 0.2) is 0 Å². The van der Waals surface area contributed by atoms with Crippen LogP contribution in [0, 0.1) is 5.41 Å². The Bertz CT molecular complexity index is 358. The van der Waals surface area contributed by atoms with Crippen molar-refractivity contribution in [1.82, 2.24) is 10.6 Å². The molecule has 1 fully saturated rings. The molecule has 0 bridgehead atoms. The van der Waals surface area contributed by atoms with E-state index in [2.05, 4.69) is 24.5 Å². The van der Waals surface area contributed by atoms with Gasteiger partial charge in [-0.25, -0.2) is 4.79 Å². The summed E-state index contributed by atoms with van der Waals surface area (Å²) in [7, 11) is 1.70. The van der Waals surface area contributed by atoms with E-state index in [0.717, 1.165) is 25.7 Å². The molecule has 3 N–H and O–H groups in total. The van der Waals surface area contributed by atoms with Gasteiger partial charge in [0.25, 0.3) is 0 Å². The summed E-state index contributed by atoms with van der Waals surface area (Å²) >= 11 is 0. The minimum Gasteiger partial charge on any atom is -0.481 e. The highest BCUT2D eigenvalue weighted by Gasteiger charge is 2.49. The second kappa shape index (κ2) is 8.22. The van der Waals surface area contributed by atoms with Crippen molar-refractivity contribution in [3.63, 3.8) is 0 Å². The molecule has 2 unspecified atom stereocenters. The number of aliphatic carboxylic acids is 1. The number of carbonyl (C=O) groups is 2. The van der Waals surface area contributed by atoms with Gasteiger partial charge in [-0.05, 0) is 19.3 Å². The van der Waals surface area contributed by atoms with E-state index < -0.39 is 5.97 Å². The number of nitrogens with one attached hydrogen (secondary N) is 2. The zero-order valence-corrected chi connectivity index (χ0v) is 13.3. The van der Waals surface area contributed by atoms with Gasteiger partial charge in [-0.1, -0.05) is 26.7 Å². The van der Waals surface area contributed by atoms with Crippen LogP contribution in [0.4, 0.5) is 4.79 Å². The van der Waals surface area contributed by atoms with Gasteiger partial charge in [-0.3, -0.25) is 4.79 Å². The number of carboxylic acid groups (broad SMARTS) is 1. The predicted molar refractivity (Wildman–Crippen MR) is 80.2 cm³/mol. The highest BCUT2D eigenvalue weighted by atomic mass is 16.5. The molecule has 1 rings (SSSR count). The molecule has 0 aromatic rings. The lowest BCUT2D eigenvalue weighted by atomic mass is 9.64. The van der Waals surface area contributed by atoms with Crippen LogP contribution in [0.1, 0.15) is 52.4 Å². The van der Waals surface area contributed by atoms with Crippen molar-refractivity contribution < 1.29 is 19.4 Å². The van der Waals surface area contributed by atoms with Gasteiger partial charge in [0.2, 0.25) is 0 Å². The number of hydrogen-bond donors (Lipinski definition) is 3. The highest BCUT2D eigenvalue weighted by molar-refractivity contribution is 5.74. The van der Waals surface area contributed by atoms with Gasteiger partial charge >= 0.3 is 12.0 Å². The van der Waals surface area contributed by atoms with E-state index in [1.165, 1.54) is 0 Å². The Morgan fingerprint density at radius 1 is 1.24 bits per heavy atom. The molecular formula is C15H28N2O4. The number of carboxylic acids is 1. The Labute approximate surface area is 126 Å². The van der Waals surface area contributed by atoms with Gasteiger partial charge in [0.05, 0.1) is 6.10 Å². The first-order chi connectivity index (χ1) is 9.87. The average Bonchev–Trinajstić information content (AvgIpc) is 2.41. The quantitative estimate of drug-likeness (QED) is 0.569. The molecule has 0 spiro atoms. The van der Waals surface area contributed by atoms with Crippen LogP contribution in [-0.2, 0) is 9.53 Å². The first-order valence-electron chi connectivity index (χ1n) is 7.67. The Hall–Kier alpha value is -1.30. The van der Waals surface area contributed by atoms with Crippen molar-refractivity contribution in [2.75, 3.05) is 13.7 Å². The molecule has 0 radical (unpaired) electrons. The summed E-state index contributed by atoms with van der Waals surface area (Å²) < 4.78 is 5.35. The fourth-order valence-electron chi connectivity index (χ4n) is 2.70. The number of unbranched alkanes of at least 4 members (excludes halogenated alkanes) is 3. The third-order valence-electron chi connectivity index (χ3n) is 4.37. The van der Waals surface area contributed by atoms with Crippen LogP contribution in [0.2, 0.25) is 0 Å². The fourth-order valence-corrected chi connectivity index (χ4v) is 2.70. The van der Waals surface area contributed by atoms with Gasteiger partial charge in [0.15, 0.2) is 0 Å². The number of carbonyl (C=O) groups excluding carboxylic acids is 1. The molecule has 122 valence electrons. The Balaban J connectivity index is 2.04. The Morgan fingerprint density at radius 3 is 2.48 bits per heavy atom. The van der Waals surface area contributed by atoms with Crippen LogP contribution < -0.4 is 10.6 Å². The molecule has 0 aromatic carbocycles. The van der Waals surface area contributed by atoms with Crippen LogP contribution in [0.25, 0.3) is 0 Å². The Morgan fingerprint density at radius 2 is 1.90 bits per heavy atom. The van der Waals surface area contributed by atoms with Gasteiger partial charge in [-0.15, -0.1) is 0 Å². The minimum absolute atomic E-state index is 0.0249. The monoisotopic (exact) mass is 300 g/mol. The van der Waals surface area contributed by atoms with Crippen molar-refractivity contribution in [1.29, 1.82) is 0 Å². The van der Waals surface area contributed by atoms with Crippen molar-refractivity contribution in [3.8, 4) is 0 Å². The molecule has 1 aliphatic carbocycles. The smallest absolute Gasteiger partial charge is 0.315 e. The van der Waals surface area contributed by atoms with Crippen molar-refractivity contribution in [2.24, 2.45) is 5.41 Å². The van der Waals surface area contributed by atoms with E-state index in [9.17, 15) is 9.59 Å². The Kier molecular flexibility index (Phi) is 6.95. The maximum absolute atomic E-state index is 11.8. The summed E-state index contributed by atoms with van der Waals surface area (Å²) in [4.78, 5) is 22.1. The largest absolute Gasteiger partial charge is 0.481 e. The van der Waals surface area contributed by atoms with E-state index in [0.29, 0.717) is 13.0 Å². The number of rotatable bonds is 9. The van der Waals surface area contributed by atoms with E-state index in [-0.39, 0.29) is 30.0 Å². The van der Waals surface area contributed by atoms with Gasteiger partial charge in [0.1, 0.15) is 0 Å². The lowest BCUT2D eigenvalue weighted by molar-refractivity contribution is -0.137. The number of amides is 2. The minimum atomic E-state index is -0.745. The molecule has 0 heterocycles. The molecule has 6 heteroatoms. The van der Waals surface area contributed by atoms with Crippen molar-refractivity contribution in [3.05, 3.63) is 0 Å². The van der Waals surface area contributed by atoms with E-state index in [1.807, 2.05) is 0 Å². The van der Waals surface area contributed by atoms with Crippen LogP contribution in [0.5, 0.6) is 0 Å². The van der Waals surface area contributed by atoms with E-state index >= 15 is 0 Å². The van der Waals surface area contributed by atoms with Gasteiger partial charge < -0.3 is 20.5 Å². The lowest BCUT2D eigenvalue weighted by Crippen LogP contribution is -2.63. The highest BCUT2D eigenvalue weighted by Crippen LogP contribution is 2.42. The van der Waals surface area contributed by atoms with Crippen molar-refractivity contribution >= 4 is 12.0 Å². The zero-order valence-electron chi connectivity index (χ0n) is 13.3. The average molecular weight is 300 g/mol. The van der Waals surface area contributed by atoms with Crippen LogP contribution >= 0.6 is 0 Å². The molecule has 1 saturated carbocycles. The maximum atomic E-state index is 11.8. The molecule has 2 atom stereocenters. The SMILES string of the molecule is COC1CC(NC(=O)NCCCCCCC(=O)O)C1(C)C. The first-order valence-corrected chi connectivity index (χ1v) is 7.67. The van der Waals surface area contributed by atoms with Crippen LogP contribution in [0.3, 0.4) is 0 Å². The summed E-state index contributed by atoms with van der Waals surface area (Å²) in [5, 5.41) is 14.3. The summed E-state index contributed by atoms with van der Waals surface area (Å²) in [6.07, 6.45) is 4.70. The second-order valence-electron chi connectivity index (χ2n) is 6.29. The molecule has 0 aliphatic heterocycles. The fraction of sp³-hybridized carbons (Fsp3) is 0.867. The lowest BCUT2D eigenvalue weighted by Gasteiger charge is -2.51. The molecule has 6 nitrogen and oxygen atoms in total. The molecule has 0 aromatic heterocycles. The third-order valence-corrected chi connectivity index (χ3v) is 4.37. The summed E-state index contributed by atoms with van der Waals surface area (Å²) in [5.41, 5.74) is -0.0249. The van der Waals surface area contributed by atoms with E-state index in [1.54, 1.807) is 7.11 Å². The standard InChI is InChI=1S/C15H28N2O4/c1-15(2)11(10-12(15)21-3)17-14(20)16-9-7-5-4-6-8-13(18)19/h11-12H,4-10H2,1-3H3,(H,18,19)(H2,16,17,20). The predicted octanol–water partition coefficient (Wildman–Crippen LogP) is 2.13. The third kappa shape index (κ3) is 5.53. The summed E-state index contributed by atoms with van der Waals surface area (Å²) in [6, 6.07) is 0.0196. The molecule has 2 amide bonds. The van der Waals surface area contributed by atoms with Gasteiger partial charge in [0, 0.05) is 31.5 Å². The normalized spacial score (nSPS) is 23.2. The van der Waals surface area contributed by atoms with Crippen molar-refractivity contribution in [2.45, 2.75) is 64.5 Å². The number of ether oxygens (including phenoxy) is 1. The molecule has 1 aliphatic rings. The van der Waals surface area contributed by atoms with E-state index in [4.69, 9.17) is 9.84 Å². The topological polar surface area (TPSA) is 87.7 Å². The maximum Gasteiger partial charge on any atom is 0.315 e. The number of urea groups is 1. The van der Waals surface area contributed by atoms with Gasteiger partial charge in [-0.2, -0.15) is 0 Å². The summed E-state index contributed by atoms with van der Waals surface area (Å²) in [5.74, 6) is -0.745. The number of methoxy groups -OCH3 is 1. The molecule has 0 saturated heterocycles. The zero-order chi connectivity index (χ0) is 15.9. The number of hydrogen-bond acceptors (Lipinski definition) is 3. The molecule has 21 heavy (non-hydrogen) atoms.